The molecule has 0 bridgehead atoms. The summed E-state index contributed by atoms with van der Waals surface area (Å²) < 4.78 is 0. The monoisotopic (exact) mass is 237 g/mol. The Hall–Kier alpha value is -1.32. The molecule has 0 saturated carbocycles. The lowest BCUT2D eigenvalue weighted by Crippen LogP contribution is -2.08. The third-order valence-corrected chi connectivity index (χ3v) is 2.53. The first-order chi connectivity index (χ1) is 7.11. The Kier molecular flexibility index (Phi) is 3.73. The molecule has 3 N–H and O–H groups in total. The lowest BCUT2D eigenvalue weighted by molar-refractivity contribution is 1.23. The van der Waals surface area contributed by atoms with Crippen LogP contribution in [0.5, 0.6) is 0 Å². The molecule has 4 heteroatoms. The maximum absolute atomic E-state index is 5.51. The average Bonchev–Trinajstić information content (AvgIpc) is 2.14. The van der Waals surface area contributed by atoms with Gasteiger partial charge in [0.05, 0.1) is 11.2 Å². The third kappa shape index (κ3) is 2.10. The number of pyridine rings is 1. The maximum Gasteiger partial charge on any atom is 0.0731 e. The first-order valence-electron chi connectivity index (χ1n) is 4.97. The number of aromatic nitrogens is 1. The summed E-state index contributed by atoms with van der Waals surface area (Å²) in [5, 5.41) is 1.11. The standard InChI is InChI=1S/C12H15N3.ClH/c1-7-4-8(2)12-10(5-7)14-9(3)6-11(12)15-13;/h4-6H,13H2,1-3H3,(H,14,15);1H. The van der Waals surface area contributed by atoms with Gasteiger partial charge in [-0.2, -0.15) is 0 Å². The molecule has 0 radical (unpaired) electrons. The van der Waals surface area contributed by atoms with Crippen molar-refractivity contribution in [3.05, 3.63) is 35.0 Å². The molecule has 0 atom stereocenters. The second-order valence-corrected chi connectivity index (χ2v) is 3.93. The van der Waals surface area contributed by atoms with Crippen LogP contribution in [0.2, 0.25) is 0 Å². The smallest absolute Gasteiger partial charge is 0.0731 e. The molecule has 16 heavy (non-hydrogen) atoms. The Morgan fingerprint density at radius 3 is 2.44 bits per heavy atom. The Labute approximate surface area is 101 Å². The number of aryl methyl sites for hydroxylation is 3. The fourth-order valence-electron chi connectivity index (χ4n) is 2.00. The highest BCUT2D eigenvalue weighted by Gasteiger charge is 2.06. The van der Waals surface area contributed by atoms with Gasteiger partial charge in [0, 0.05) is 11.1 Å². The van der Waals surface area contributed by atoms with Crippen molar-refractivity contribution in [3.8, 4) is 0 Å². The zero-order chi connectivity index (χ0) is 11.0. The van der Waals surface area contributed by atoms with Crippen LogP contribution in [-0.2, 0) is 0 Å². The molecule has 0 amide bonds. The highest BCUT2D eigenvalue weighted by atomic mass is 35.5. The first-order valence-corrected chi connectivity index (χ1v) is 4.97. The van der Waals surface area contributed by atoms with Crippen LogP contribution in [-0.4, -0.2) is 4.98 Å². The van der Waals surface area contributed by atoms with Crippen LogP contribution in [0.3, 0.4) is 0 Å². The van der Waals surface area contributed by atoms with Gasteiger partial charge in [-0.15, -0.1) is 12.4 Å². The number of benzene rings is 1. The molecule has 0 aliphatic carbocycles. The van der Waals surface area contributed by atoms with E-state index in [2.05, 4.69) is 36.4 Å². The molecule has 2 aromatic rings. The molecule has 0 spiro atoms. The number of halogens is 1. The van der Waals surface area contributed by atoms with Crippen LogP contribution in [0.15, 0.2) is 18.2 Å². The van der Waals surface area contributed by atoms with Crippen LogP contribution < -0.4 is 11.3 Å². The van der Waals surface area contributed by atoms with E-state index in [0.29, 0.717) is 0 Å². The number of nitrogen functional groups attached to an aromatic ring is 1. The summed E-state index contributed by atoms with van der Waals surface area (Å²) in [6.07, 6.45) is 0. The van der Waals surface area contributed by atoms with Gasteiger partial charge < -0.3 is 5.43 Å². The van der Waals surface area contributed by atoms with Crippen molar-refractivity contribution in [2.75, 3.05) is 5.43 Å². The number of nitrogens with one attached hydrogen (secondary N) is 1. The third-order valence-electron chi connectivity index (χ3n) is 2.53. The first kappa shape index (κ1) is 12.7. The van der Waals surface area contributed by atoms with E-state index in [1.807, 2.05) is 13.0 Å². The van der Waals surface area contributed by atoms with E-state index in [4.69, 9.17) is 5.84 Å². The summed E-state index contributed by atoms with van der Waals surface area (Å²) in [7, 11) is 0. The predicted molar refractivity (Wildman–Crippen MR) is 71.0 cm³/mol. The largest absolute Gasteiger partial charge is 0.323 e. The Morgan fingerprint density at radius 1 is 1.12 bits per heavy atom. The van der Waals surface area contributed by atoms with E-state index in [-0.39, 0.29) is 12.4 Å². The summed E-state index contributed by atoms with van der Waals surface area (Å²) in [5.74, 6) is 5.51. The highest BCUT2D eigenvalue weighted by Crippen LogP contribution is 2.26. The zero-order valence-corrected chi connectivity index (χ0v) is 10.5. The molecule has 0 aliphatic heterocycles. The fourth-order valence-corrected chi connectivity index (χ4v) is 2.00. The molecule has 2 rings (SSSR count). The van der Waals surface area contributed by atoms with Crippen molar-refractivity contribution in [3.63, 3.8) is 0 Å². The van der Waals surface area contributed by atoms with E-state index in [9.17, 15) is 0 Å². The second kappa shape index (κ2) is 4.68. The molecule has 0 unspecified atom stereocenters. The summed E-state index contributed by atoms with van der Waals surface area (Å²) in [5.41, 5.74) is 8.07. The van der Waals surface area contributed by atoms with Gasteiger partial charge in [-0.05, 0) is 44.0 Å². The van der Waals surface area contributed by atoms with Gasteiger partial charge in [0.15, 0.2) is 0 Å². The van der Waals surface area contributed by atoms with Crippen LogP contribution in [0, 0.1) is 20.8 Å². The zero-order valence-electron chi connectivity index (χ0n) is 9.66. The van der Waals surface area contributed by atoms with Crippen molar-refractivity contribution in [1.82, 2.24) is 4.98 Å². The Morgan fingerprint density at radius 2 is 1.81 bits per heavy atom. The van der Waals surface area contributed by atoms with E-state index < -0.39 is 0 Å². The number of nitrogens with zero attached hydrogens (tertiary/aromatic N) is 1. The van der Waals surface area contributed by atoms with Gasteiger partial charge in [-0.25, -0.2) is 0 Å². The number of nitrogens with two attached hydrogens (primary N) is 1. The van der Waals surface area contributed by atoms with Gasteiger partial charge in [0.1, 0.15) is 0 Å². The Bertz CT molecular complexity index is 518. The van der Waals surface area contributed by atoms with Gasteiger partial charge >= 0.3 is 0 Å². The van der Waals surface area contributed by atoms with Crippen molar-refractivity contribution in [2.24, 2.45) is 5.84 Å². The van der Waals surface area contributed by atoms with Gasteiger partial charge in [-0.3, -0.25) is 10.8 Å². The Balaban J connectivity index is 0.00000128. The molecule has 3 nitrogen and oxygen atoms in total. The van der Waals surface area contributed by atoms with Crippen molar-refractivity contribution >= 4 is 29.0 Å². The van der Waals surface area contributed by atoms with Gasteiger partial charge in [0.2, 0.25) is 0 Å². The summed E-state index contributed by atoms with van der Waals surface area (Å²) in [6.45, 7) is 6.12. The minimum absolute atomic E-state index is 0. The molecular formula is C12H16ClN3. The highest BCUT2D eigenvalue weighted by molar-refractivity contribution is 5.94. The number of hydrazine groups is 1. The number of hydrogen-bond acceptors (Lipinski definition) is 3. The molecule has 1 heterocycles. The number of anilines is 1. The average molecular weight is 238 g/mol. The van der Waals surface area contributed by atoms with Gasteiger partial charge in [0.25, 0.3) is 0 Å². The lowest BCUT2D eigenvalue weighted by atomic mass is 10.0. The van der Waals surface area contributed by atoms with Gasteiger partial charge in [-0.1, -0.05) is 6.07 Å². The quantitative estimate of drug-likeness (QED) is 0.592. The van der Waals surface area contributed by atoms with Crippen LogP contribution >= 0.6 is 12.4 Å². The van der Waals surface area contributed by atoms with E-state index in [1.165, 1.54) is 11.1 Å². The summed E-state index contributed by atoms with van der Waals surface area (Å²) in [4.78, 5) is 4.51. The predicted octanol–water partition coefficient (Wildman–Crippen LogP) is 2.87. The minimum atomic E-state index is 0. The van der Waals surface area contributed by atoms with E-state index >= 15 is 0 Å². The van der Waals surface area contributed by atoms with Crippen molar-refractivity contribution in [1.29, 1.82) is 0 Å². The van der Waals surface area contributed by atoms with E-state index in [0.717, 1.165) is 22.3 Å². The summed E-state index contributed by atoms with van der Waals surface area (Å²) >= 11 is 0. The molecule has 0 fully saturated rings. The normalized spacial score (nSPS) is 10.0. The van der Waals surface area contributed by atoms with Crippen molar-refractivity contribution in [2.45, 2.75) is 20.8 Å². The number of hydrogen-bond donors (Lipinski definition) is 2. The lowest BCUT2D eigenvalue weighted by Gasteiger charge is -2.10. The van der Waals surface area contributed by atoms with Crippen LogP contribution in [0.1, 0.15) is 16.8 Å². The van der Waals surface area contributed by atoms with Crippen LogP contribution in [0.4, 0.5) is 5.69 Å². The summed E-state index contributed by atoms with van der Waals surface area (Å²) in [6, 6.07) is 6.18. The second-order valence-electron chi connectivity index (χ2n) is 3.93. The molecule has 0 saturated heterocycles. The molecule has 86 valence electrons. The molecule has 1 aromatic heterocycles. The minimum Gasteiger partial charge on any atom is -0.323 e. The van der Waals surface area contributed by atoms with E-state index in [1.54, 1.807) is 0 Å². The molecule has 1 aromatic carbocycles. The molecule has 0 aliphatic rings. The SMILES string of the molecule is Cc1cc(C)c2c(NN)cc(C)nc2c1.Cl. The number of rotatable bonds is 1. The van der Waals surface area contributed by atoms with Crippen molar-refractivity contribution < 1.29 is 0 Å². The van der Waals surface area contributed by atoms with Crippen LogP contribution in [0.25, 0.3) is 10.9 Å². The maximum atomic E-state index is 5.51. The number of fused-ring (bicyclic) bond motifs is 1. The molecular weight excluding hydrogens is 222 g/mol. The fraction of sp³-hybridized carbons (Fsp3) is 0.250. The topological polar surface area (TPSA) is 50.9 Å².